The molecule has 0 amide bonds. The lowest BCUT2D eigenvalue weighted by Gasteiger charge is -2.23. The molecule has 2 aliphatic heterocycles. The van der Waals surface area contributed by atoms with Crippen LogP contribution in [0.4, 0.5) is 13.2 Å². The predicted molar refractivity (Wildman–Crippen MR) is 108 cm³/mol. The first kappa shape index (κ1) is 21.3. The minimum atomic E-state index is -4.76. The summed E-state index contributed by atoms with van der Waals surface area (Å²) in [5.74, 6) is -0.594. The van der Waals surface area contributed by atoms with Crippen LogP contribution in [-0.2, 0) is 16.0 Å². The van der Waals surface area contributed by atoms with Crippen LogP contribution in [0.1, 0.15) is 36.8 Å². The topological polar surface area (TPSA) is 65.0 Å². The Hall–Kier alpha value is -2.58. The van der Waals surface area contributed by atoms with Gasteiger partial charge < -0.3 is 19.3 Å². The fraction of sp³-hybridized carbons (Fsp3) is 0.458. The molecule has 3 fully saturated rings. The molecule has 5 nitrogen and oxygen atoms in total. The summed E-state index contributed by atoms with van der Waals surface area (Å²) in [6, 6.07) is 10.5. The summed E-state index contributed by atoms with van der Waals surface area (Å²) in [6.07, 6.45) is -3.30. The number of rotatable bonds is 5. The van der Waals surface area contributed by atoms with E-state index in [0.717, 1.165) is 24.0 Å². The fourth-order valence-corrected chi connectivity index (χ4v) is 5.55. The van der Waals surface area contributed by atoms with Crippen LogP contribution in [-0.4, -0.2) is 35.6 Å². The average molecular weight is 448 g/mol. The van der Waals surface area contributed by atoms with Crippen LogP contribution in [0.2, 0.25) is 0 Å². The molecule has 0 spiro atoms. The Labute approximate surface area is 183 Å². The van der Waals surface area contributed by atoms with Gasteiger partial charge in [0.1, 0.15) is 23.0 Å². The minimum Gasteiger partial charge on any atom is -0.457 e. The first-order valence-corrected chi connectivity index (χ1v) is 10.8. The van der Waals surface area contributed by atoms with Gasteiger partial charge in [0.05, 0.1) is 30.1 Å². The SMILES string of the molecule is CCc1ccc(Oc2ccc(OC(F)(F)F)cc2)cc1C1C(=O)C2C3CCC(O3)C2C1O. The number of carbonyl (C=O) groups excluding carboxylic acids is 1. The highest BCUT2D eigenvalue weighted by Gasteiger charge is 2.62. The highest BCUT2D eigenvalue weighted by atomic mass is 19.4. The number of carbonyl (C=O) groups is 1. The van der Waals surface area contributed by atoms with Crippen molar-refractivity contribution in [3.05, 3.63) is 53.6 Å². The van der Waals surface area contributed by atoms with Crippen molar-refractivity contribution >= 4 is 5.78 Å². The number of hydrogen-bond acceptors (Lipinski definition) is 5. The Morgan fingerprint density at radius 3 is 2.34 bits per heavy atom. The summed E-state index contributed by atoms with van der Waals surface area (Å²) in [4.78, 5) is 13.3. The lowest BCUT2D eigenvalue weighted by atomic mass is 9.81. The maximum absolute atomic E-state index is 13.3. The number of aliphatic hydroxyl groups excluding tert-OH is 1. The third kappa shape index (κ3) is 3.65. The second-order valence-corrected chi connectivity index (χ2v) is 8.60. The summed E-state index contributed by atoms with van der Waals surface area (Å²) >= 11 is 0. The quantitative estimate of drug-likeness (QED) is 0.715. The molecule has 5 rings (SSSR count). The van der Waals surface area contributed by atoms with E-state index in [9.17, 15) is 23.1 Å². The Bertz CT molecular complexity index is 1020. The molecule has 0 aromatic heterocycles. The van der Waals surface area contributed by atoms with E-state index < -0.39 is 18.4 Å². The number of benzene rings is 2. The summed E-state index contributed by atoms with van der Waals surface area (Å²) in [6.45, 7) is 1.98. The van der Waals surface area contributed by atoms with E-state index in [1.165, 1.54) is 24.3 Å². The third-order valence-corrected chi connectivity index (χ3v) is 6.83. The zero-order valence-electron chi connectivity index (χ0n) is 17.3. The van der Waals surface area contributed by atoms with Crippen LogP contribution in [0.5, 0.6) is 17.2 Å². The third-order valence-electron chi connectivity index (χ3n) is 6.83. The number of fused-ring (bicyclic) bond motifs is 5. The van der Waals surface area contributed by atoms with Crippen LogP contribution < -0.4 is 9.47 Å². The molecule has 0 radical (unpaired) electrons. The minimum absolute atomic E-state index is 0.0233. The van der Waals surface area contributed by atoms with E-state index in [1.54, 1.807) is 12.1 Å². The second kappa shape index (κ2) is 7.78. The average Bonchev–Trinajstić information content (AvgIpc) is 3.42. The first-order valence-electron chi connectivity index (χ1n) is 10.8. The molecule has 2 bridgehead atoms. The fourth-order valence-electron chi connectivity index (χ4n) is 5.55. The van der Waals surface area contributed by atoms with E-state index in [2.05, 4.69) is 4.74 Å². The Morgan fingerprint density at radius 2 is 1.69 bits per heavy atom. The molecular formula is C24H23F3O5. The molecule has 2 heterocycles. The molecule has 2 aromatic rings. The van der Waals surface area contributed by atoms with Gasteiger partial charge in [-0.1, -0.05) is 13.0 Å². The van der Waals surface area contributed by atoms with Crippen molar-refractivity contribution in [3.8, 4) is 17.2 Å². The zero-order valence-corrected chi connectivity index (χ0v) is 17.3. The molecule has 6 atom stereocenters. The monoisotopic (exact) mass is 448 g/mol. The lowest BCUT2D eigenvalue weighted by molar-refractivity contribution is -0.274. The van der Waals surface area contributed by atoms with Crippen LogP contribution in [0.25, 0.3) is 0 Å². The van der Waals surface area contributed by atoms with Gasteiger partial charge in [0.15, 0.2) is 0 Å². The van der Waals surface area contributed by atoms with Crippen LogP contribution in [0.15, 0.2) is 42.5 Å². The molecule has 1 N–H and O–H groups in total. The molecule has 2 saturated heterocycles. The maximum atomic E-state index is 13.3. The Kier molecular flexibility index (Phi) is 5.17. The normalized spacial score (nSPS) is 31.1. The zero-order chi connectivity index (χ0) is 22.6. The molecule has 32 heavy (non-hydrogen) atoms. The van der Waals surface area contributed by atoms with Crippen LogP contribution in [0.3, 0.4) is 0 Å². The molecular weight excluding hydrogens is 425 g/mol. The van der Waals surface area contributed by atoms with Crippen molar-refractivity contribution in [2.24, 2.45) is 11.8 Å². The number of Topliss-reactive ketones (excluding diaryl/α,β-unsaturated/α-hetero) is 1. The van der Waals surface area contributed by atoms with E-state index in [1.807, 2.05) is 13.0 Å². The van der Waals surface area contributed by atoms with Gasteiger partial charge in [0.25, 0.3) is 0 Å². The van der Waals surface area contributed by atoms with Gasteiger partial charge in [0, 0.05) is 5.92 Å². The molecule has 170 valence electrons. The number of alkyl halides is 3. The molecule has 1 aliphatic carbocycles. The van der Waals surface area contributed by atoms with Gasteiger partial charge in [-0.2, -0.15) is 0 Å². The highest BCUT2D eigenvalue weighted by molar-refractivity contribution is 5.93. The Balaban J connectivity index is 1.39. The standard InChI is InChI=1S/C24H23F3O5/c1-2-12-3-4-15(30-13-5-7-14(8-6-13)32-24(25,26)27)11-16(12)19-22(28)20-17-9-10-18(31-17)21(20)23(19)29/h3-8,11,17-22,28H,2,9-10H2,1H3. The predicted octanol–water partition coefficient (Wildman–Crippen LogP) is 4.76. The Morgan fingerprint density at radius 1 is 1.03 bits per heavy atom. The van der Waals surface area contributed by atoms with Gasteiger partial charge in [-0.05, 0) is 66.8 Å². The first-order chi connectivity index (χ1) is 15.2. The second-order valence-electron chi connectivity index (χ2n) is 8.60. The van der Waals surface area contributed by atoms with Gasteiger partial charge in [0.2, 0.25) is 0 Å². The number of halogens is 3. The highest BCUT2D eigenvalue weighted by Crippen LogP contribution is 2.54. The molecule has 8 heteroatoms. The summed E-state index contributed by atoms with van der Waals surface area (Å²) < 4.78 is 52.6. The number of aryl methyl sites for hydroxylation is 1. The number of hydrogen-bond donors (Lipinski definition) is 1. The molecule has 6 unspecified atom stereocenters. The van der Waals surface area contributed by atoms with Crippen molar-refractivity contribution in [1.82, 2.24) is 0 Å². The number of aliphatic hydroxyl groups is 1. The van der Waals surface area contributed by atoms with Gasteiger partial charge >= 0.3 is 6.36 Å². The smallest absolute Gasteiger partial charge is 0.457 e. The molecule has 2 aromatic carbocycles. The van der Waals surface area contributed by atoms with E-state index in [0.29, 0.717) is 17.9 Å². The van der Waals surface area contributed by atoms with Crippen LogP contribution >= 0.6 is 0 Å². The van der Waals surface area contributed by atoms with Crippen LogP contribution in [0, 0.1) is 11.8 Å². The molecule has 1 saturated carbocycles. The summed E-state index contributed by atoms with van der Waals surface area (Å²) in [5, 5.41) is 11.1. The lowest BCUT2D eigenvalue weighted by Crippen LogP contribution is -2.31. The van der Waals surface area contributed by atoms with Crippen molar-refractivity contribution in [2.75, 3.05) is 0 Å². The van der Waals surface area contributed by atoms with Crippen molar-refractivity contribution in [2.45, 2.75) is 56.8 Å². The van der Waals surface area contributed by atoms with E-state index in [4.69, 9.17) is 9.47 Å². The van der Waals surface area contributed by atoms with E-state index in [-0.39, 0.29) is 35.6 Å². The number of ether oxygens (including phenoxy) is 3. The van der Waals surface area contributed by atoms with Crippen molar-refractivity contribution in [3.63, 3.8) is 0 Å². The van der Waals surface area contributed by atoms with Gasteiger partial charge in [-0.25, -0.2) is 0 Å². The van der Waals surface area contributed by atoms with Crippen molar-refractivity contribution < 1.29 is 37.3 Å². The molecule has 3 aliphatic rings. The van der Waals surface area contributed by atoms with E-state index >= 15 is 0 Å². The van der Waals surface area contributed by atoms with Gasteiger partial charge in [-0.15, -0.1) is 13.2 Å². The number of ketones is 1. The summed E-state index contributed by atoms with van der Waals surface area (Å²) in [5.41, 5.74) is 1.70. The van der Waals surface area contributed by atoms with Gasteiger partial charge in [-0.3, -0.25) is 4.79 Å². The largest absolute Gasteiger partial charge is 0.573 e. The maximum Gasteiger partial charge on any atom is 0.573 e. The summed E-state index contributed by atoms with van der Waals surface area (Å²) in [7, 11) is 0. The van der Waals surface area contributed by atoms with Crippen molar-refractivity contribution in [1.29, 1.82) is 0 Å².